The molecule has 0 spiro atoms. The van der Waals surface area contributed by atoms with E-state index in [0.717, 1.165) is 31.6 Å². The maximum absolute atomic E-state index is 12.4. The smallest absolute Gasteiger partial charge is 0.272 e. The van der Waals surface area contributed by atoms with Crippen molar-refractivity contribution < 1.29 is 4.79 Å². The minimum atomic E-state index is -0.00199. The van der Waals surface area contributed by atoms with Crippen molar-refractivity contribution in [3.8, 4) is 0 Å². The number of hydrogen-bond acceptors (Lipinski definition) is 3. The fourth-order valence-corrected chi connectivity index (χ4v) is 2.46. The standard InChI is InChI=1S/C16H25N3O/c1-16(2,3)18-13-8-9-14(17-12-13)15(20)19-10-6-4-5-7-11-19/h8-9,12,18H,4-7,10-11H2,1-3H3. The fourth-order valence-electron chi connectivity index (χ4n) is 2.46. The van der Waals surface area contributed by atoms with E-state index in [1.54, 1.807) is 6.20 Å². The number of carbonyl (C=O) groups excluding carboxylic acids is 1. The molecule has 0 bridgehead atoms. The minimum Gasteiger partial charge on any atom is -0.379 e. The highest BCUT2D eigenvalue weighted by molar-refractivity contribution is 5.92. The van der Waals surface area contributed by atoms with Crippen LogP contribution >= 0.6 is 0 Å². The third kappa shape index (κ3) is 4.22. The molecule has 1 aromatic heterocycles. The zero-order valence-electron chi connectivity index (χ0n) is 12.8. The van der Waals surface area contributed by atoms with Gasteiger partial charge in [-0.15, -0.1) is 0 Å². The number of rotatable bonds is 2. The maximum Gasteiger partial charge on any atom is 0.272 e. The van der Waals surface area contributed by atoms with Crippen molar-refractivity contribution in [2.24, 2.45) is 0 Å². The summed E-state index contributed by atoms with van der Waals surface area (Å²) in [6.45, 7) is 8.03. The fraction of sp³-hybridized carbons (Fsp3) is 0.625. The minimum absolute atomic E-state index is 0.00199. The van der Waals surface area contributed by atoms with Crippen LogP contribution in [-0.4, -0.2) is 34.4 Å². The molecular formula is C16H25N3O. The monoisotopic (exact) mass is 275 g/mol. The number of nitrogens with one attached hydrogen (secondary N) is 1. The Kier molecular flexibility index (Phi) is 4.63. The second kappa shape index (κ2) is 6.25. The Morgan fingerprint density at radius 2 is 1.80 bits per heavy atom. The Bertz CT molecular complexity index is 440. The zero-order valence-corrected chi connectivity index (χ0v) is 12.8. The molecule has 0 saturated carbocycles. The zero-order chi connectivity index (χ0) is 14.6. The molecule has 2 rings (SSSR count). The molecule has 1 aliphatic heterocycles. The van der Waals surface area contributed by atoms with E-state index in [1.165, 1.54) is 12.8 Å². The lowest BCUT2D eigenvalue weighted by atomic mass is 10.1. The van der Waals surface area contributed by atoms with Gasteiger partial charge in [-0.05, 0) is 45.7 Å². The molecule has 1 amide bonds. The summed E-state index contributed by atoms with van der Waals surface area (Å²) >= 11 is 0. The summed E-state index contributed by atoms with van der Waals surface area (Å²) in [7, 11) is 0. The predicted molar refractivity (Wildman–Crippen MR) is 82.0 cm³/mol. The lowest BCUT2D eigenvalue weighted by Crippen LogP contribution is -2.32. The first-order chi connectivity index (χ1) is 9.46. The van der Waals surface area contributed by atoms with E-state index in [1.807, 2.05) is 17.0 Å². The van der Waals surface area contributed by atoms with Gasteiger partial charge in [-0.1, -0.05) is 12.8 Å². The highest BCUT2D eigenvalue weighted by atomic mass is 16.2. The molecule has 0 aliphatic carbocycles. The molecular weight excluding hydrogens is 250 g/mol. The Balaban J connectivity index is 2.03. The summed E-state index contributed by atoms with van der Waals surface area (Å²) in [5, 5.41) is 3.35. The first-order valence-electron chi connectivity index (χ1n) is 7.49. The van der Waals surface area contributed by atoms with Crippen molar-refractivity contribution in [2.45, 2.75) is 52.0 Å². The van der Waals surface area contributed by atoms with Crippen LogP contribution in [0.4, 0.5) is 5.69 Å². The van der Waals surface area contributed by atoms with Crippen molar-refractivity contribution in [3.05, 3.63) is 24.0 Å². The van der Waals surface area contributed by atoms with Crippen molar-refractivity contribution in [2.75, 3.05) is 18.4 Å². The summed E-state index contributed by atoms with van der Waals surface area (Å²) in [6, 6.07) is 3.75. The number of pyridine rings is 1. The number of aromatic nitrogens is 1. The predicted octanol–water partition coefficient (Wildman–Crippen LogP) is 3.31. The van der Waals surface area contributed by atoms with E-state index in [9.17, 15) is 4.79 Å². The molecule has 1 fully saturated rings. The van der Waals surface area contributed by atoms with Gasteiger partial charge < -0.3 is 10.2 Å². The summed E-state index contributed by atoms with van der Waals surface area (Å²) in [5.74, 6) is 0.0641. The molecule has 2 heterocycles. The first-order valence-corrected chi connectivity index (χ1v) is 7.49. The van der Waals surface area contributed by atoms with Gasteiger partial charge in [0.2, 0.25) is 0 Å². The number of carbonyl (C=O) groups is 1. The first kappa shape index (κ1) is 14.8. The number of amides is 1. The SMILES string of the molecule is CC(C)(C)Nc1ccc(C(=O)N2CCCCCC2)nc1. The average Bonchev–Trinajstić information content (AvgIpc) is 2.66. The van der Waals surface area contributed by atoms with Crippen molar-refractivity contribution in [1.82, 2.24) is 9.88 Å². The van der Waals surface area contributed by atoms with Crippen LogP contribution < -0.4 is 5.32 Å². The van der Waals surface area contributed by atoms with E-state index in [0.29, 0.717) is 5.69 Å². The molecule has 110 valence electrons. The van der Waals surface area contributed by atoms with Crippen LogP contribution in [0.2, 0.25) is 0 Å². The van der Waals surface area contributed by atoms with E-state index in [-0.39, 0.29) is 11.4 Å². The van der Waals surface area contributed by atoms with Gasteiger partial charge in [0.05, 0.1) is 11.9 Å². The second-order valence-electron chi connectivity index (χ2n) is 6.51. The van der Waals surface area contributed by atoms with Crippen LogP contribution in [-0.2, 0) is 0 Å². The summed E-state index contributed by atoms with van der Waals surface area (Å²) in [6.07, 6.45) is 6.42. The summed E-state index contributed by atoms with van der Waals surface area (Å²) < 4.78 is 0. The number of anilines is 1. The largest absolute Gasteiger partial charge is 0.379 e. The molecule has 1 saturated heterocycles. The maximum atomic E-state index is 12.4. The van der Waals surface area contributed by atoms with Gasteiger partial charge in [-0.2, -0.15) is 0 Å². The van der Waals surface area contributed by atoms with E-state index in [4.69, 9.17) is 0 Å². The van der Waals surface area contributed by atoms with Crippen molar-refractivity contribution in [3.63, 3.8) is 0 Å². The highest BCUT2D eigenvalue weighted by Gasteiger charge is 2.18. The molecule has 1 N–H and O–H groups in total. The molecule has 1 aromatic rings. The van der Waals surface area contributed by atoms with Crippen LogP contribution in [0.15, 0.2) is 18.3 Å². The number of hydrogen-bond donors (Lipinski definition) is 1. The van der Waals surface area contributed by atoms with Gasteiger partial charge in [0, 0.05) is 18.6 Å². The third-order valence-corrected chi connectivity index (χ3v) is 3.40. The summed E-state index contributed by atoms with van der Waals surface area (Å²) in [4.78, 5) is 18.6. The van der Waals surface area contributed by atoms with Crippen LogP contribution in [0.5, 0.6) is 0 Å². The lowest BCUT2D eigenvalue weighted by molar-refractivity contribution is 0.0756. The number of nitrogens with zero attached hydrogens (tertiary/aromatic N) is 2. The molecule has 4 nitrogen and oxygen atoms in total. The topological polar surface area (TPSA) is 45.2 Å². The Morgan fingerprint density at radius 3 is 2.30 bits per heavy atom. The molecule has 1 aliphatic rings. The number of likely N-dealkylation sites (tertiary alicyclic amines) is 1. The molecule has 0 unspecified atom stereocenters. The molecule has 0 atom stereocenters. The van der Waals surface area contributed by atoms with E-state index >= 15 is 0 Å². The van der Waals surface area contributed by atoms with Crippen molar-refractivity contribution >= 4 is 11.6 Å². The van der Waals surface area contributed by atoms with Gasteiger partial charge in [0.25, 0.3) is 5.91 Å². The van der Waals surface area contributed by atoms with E-state index < -0.39 is 0 Å². The molecule has 4 heteroatoms. The highest BCUT2D eigenvalue weighted by Crippen LogP contribution is 2.16. The molecule has 20 heavy (non-hydrogen) atoms. The van der Waals surface area contributed by atoms with Crippen LogP contribution in [0.25, 0.3) is 0 Å². The van der Waals surface area contributed by atoms with Gasteiger partial charge in [-0.25, -0.2) is 4.98 Å². The normalized spacial score (nSPS) is 16.6. The van der Waals surface area contributed by atoms with Crippen LogP contribution in [0.3, 0.4) is 0 Å². The molecule has 0 radical (unpaired) electrons. The van der Waals surface area contributed by atoms with E-state index in [2.05, 4.69) is 31.1 Å². The molecule has 0 aromatic carbocycles. The summed E-state index contributed by atoms with van der Waals surface area (Å²) in [5.41, 5.74) is 1.49. The second-order valence-corrected chi connectivity index (χ2v) is 6.51. The lowest BCUT2D eigenvalue weighted by Gasteiger charge is -2.22. The van der Waals surface area contributed by atoms with Gasteiger partial charge >= 0.3 is 0 Å². The van der Waals surface area contributed by atoms with Gasteiger partial charge in [0.15, 0.2) is 0 Å². The van der Waals surface area contributed by atoms with Gasteiger partial charge in [-0.3, -0.25) is 4.79 Å². The Labute approximate surface area is 121 Å². The average molecular weight is 275 g/mol. The van der Waals surface area contributed by atoms with Crippen LogP contribution in [0.1, 0.15) is 56.9 Å². The van der Waals surface area contributed by atoms with Crippen LogP contribution in [0, 0.1) is 0 Å². The third-order valence-electron chi connectivity index (χ3n) is 3.40. The Hall–Kier alpha value is -1.58. The Morgan fingerprint density at radius 1 is 1.15 bits per heavy atom. The quantitative estimate of drug-likeness (QED) is 0.900. The van der Waals surface area contributed by atoms with Gasteiger partial charge in [0.1, 0.15) is 5.69 Å². The van der Waals surface area contributed by atoms with Crippen molar-refractivity contribution in [1.29, 1.82) is 0 Å².